The first-order valence-electron chi connectivity index (χ1n) is 4.46. The van der Waals surface area contributed by atoms with E-state index in [1.165, 1.54) is 0 Å². The Labute approximate surface area is 102 Å². The average molecular weight is 266 g/mol. The van der Waals surface area contributed by atoms with Gasteiger partial charge in [-0.15, -0.1) is 10.2 Å². The Morgan fingerprint density at radius 3 is 2.87 bits per heavy atom. The lowest BCUT2D eigenvalue weighted by Crippen LogP contribution is -2.36. The van der Waals surface area contributed by atoms with Crippen molar-refractivity contribution in [3.8, 4) is 0 Å². The second kappa shape index (κ2) is 6.30. The molecule has 1 N–H and O–H groups in total. The van der Waals surface area contributed by atoms with Gasteiger partial charge in [0.1, 0.15) is 0 Å². The minimum Gasteiger partial charge on any atom is -0.346 e. The zero-order valence-corrected chi connectivity index (χ0v) is 10.9. The number of carbonyl (C=O) groups is 1. The quantitative estimate of drug-likeness (QED) is 0.886. The van der Waals surface area contributed by atoms with Crippen molar-refractivity contribution in [3.05, 3.63) is 9.47 Å². The molecule has 1 aromatic heterocycles. The van der Waals surface area contributed by atoms with Gasteiger partial charge in [0.25, 0.3) is 5.91 Å². The molecule has 0 radical (unpaired) electrons. The lowest BCUT2D eigenvalue weighted by atomic mass is 10.2. The number of amides is 1. The third-order valence-electron chi connectivity index (χ3n) is 1.79. The average Bonchev–Trinajstić information content (AvgIpc) is 2.64. The molecule has 0 aliphatic heterocycles. The number of hydrogen-bond donors (Lipinski definition) is 1. The third kappa shape index (κ3) is 3.96. The van der Waals surface area contributed by atoms with Gasteiger partial charge in [0.05, 0.1) is 0 Å². The summed E-state index contributed by atoms with van der Waals surface area (Å²) in [5, 5.41) is 10.5. The highest BCUT2D eigenvalue weighted by molar-refractivity contribution is 7.98. The molecule has 0 spiro atoms. The predicted molar refractivity (Wildman–Crippen MR) is 64.8 cm³/mol. The Morgan fingerprint density at radius 2 is 2.40 bits per heavy atom. The van der Waals surface area contributed by atoms with Gasteiger partial charge in [-0.2, -0.15) is 11.8 Å². The molecular formula is C8H12ClN3OS2. The van der Waals surface area contributed by atoms with Crippen molar-refractivity contribution in [1.82, 2.24) is 15.5 Å². The molecule has 0 saturated heterocycles. The van der Waals surface area contributed by atoms with Crippen LogP contribution in [-0.2, 0) is 0 Å². The highest BCUT2D eigenvalue weighted by Crippen LogP contribution is 2.15. The minimum absolute atomic E-state index is 0.176. The Balaban J connectivity index is 2.54. The topological polar surface area (TPSA) is 54.9 Å². The van der Waals surface area contributed by atoms with Gasteiger partial charge in [0.2, 0.25) is 9.47 Å². The van der Waals surface area contributed by atoms with E-state index in [0.717, 1.165) is 23.5 Å². The van der Waals surface area contributed by atoms with E-state index in [4.69, 9.17) is 11.6 Å². The summed E-state index contributed by atoms with van der Waals surface area (Å²) in [5.41, 5.74) is 0. The summed E-state index contributed by atoms with van der Waals surface area (Å²) in [6.45, 7) is 2.04. The normalized spacial score (nSPS) is 12.5. The minimum atomic E-state index is -0.194. The van der Waals surface area contributed by atoms with Crippen LogP contribution in [0.25, 0.3) is 0 Å². The molecule has 4 nitrogen and oxygen atoms in total. The first-order chi connectivity index (χ1) is 7.17. The van der Waals surface area contributed by atoms with Crippen LogP contribution >= 0.6 is 34.7 Å². The molecule has 1 atom stereocenters. The van der Waals surface area contributed by atoms with E-state index in [1.807, 2.05) is 13.2 Å². The van der Waals surface area contributed by atoms with Crippen molar-refractivity contribution in [2.24, 2.45) is 0 Å². The predicted octanol–water partition coefficient (Wildman–Crippen LogP) is 2.06. The van der Waals surface area contributed by atoms with Crippen LogP contribution in [0.2, 0.25) is 4.47 Å². The van der Waals surface area contributed by atoms with Gasteiger partial charge in [-0.25, -0.2) is 0 Å². The summed E-state index contributed by atoms with van der Waals surface area (Å²) in [6.07, 6.45) is 2.91. The van der Waals surface area contributed by atoms with E-state index in [0.29, 0.717) is 5.01 Å². The molecule has 0 fully saturated rings. The van der Waals surface area contributed by atoms with Crippen molar-refractivity contribution < 1.29 is 4.79 Å². The molecule has 1 aromatic rings. The molecule has 1 amide bonds. The fourth-order valence-electron chi connectivity index (χ4n) is 1.01. The van der Waals surface area contributed by atoms with Crippen LogP contribution in [0.5, 0.6) is 0 Å². The SMILES string of the molecule is CCC(CSC)NC(=O)c1nnc(Cl)s1. The van der Waals surface area contributed by atoms with Crippen molar-refractivity contribution in [3.63, 3.8) is 0 Å². The summed E-state index contributed by atoms with van der Waals surface area (Å²) in [7, 11) is 0. The van der Waals surface area contributed by atoms with Crippen molar-refractivity contribution in [1.29, 1.82) is 0 Å². The van der Waals surface area contributed by atoms with Gasteiger partial charge in [0, 0.05) is 11.8 Å². The van der Waals surface area contributed by atoms with Gasteiger partial charge < -0.3 is 5.32 Å². The smallest absolute Gasteiger partial charge is 0.282 e. The standard InChI is InChI=1S/C8H12ClN3OS2/c1-3-5(4-14-2)10-6(13)7-11-12-8(9)15-7/h5H,3-4H2,1-2H3,(H,10,13). The lowest BCUT2D eigenvalue weighted by molar-refractivity contribution is 0.0939. The fourth-order valence-corrected chi connectivity index (χ4v) is 2.46. The van der Waals surface area contributed by atoms with Crippen LogP contribution in [0, 0.1) is 0 Å². The molecule has 7 heteroatoms. The number of nitrogens with one attached hydrogen (secondary N) is 1. The van der Waals surface area contributed by atoms with E-state index in [-0.39, 0.29) is 16.4 Å². The highest BCUT2D eigenvalue weighted by Gasteiger charge is 2.15. The summed E-state index contributed by atoms with van der Waals surface area (Å²) >= 11 is 8.39. The van der Waals surface area contributed by atoms with Crippen molar-refractivity contribution in [2.75, 3.05) is 12.0 Å². The molecule has 0 aromatic carbocycles. The van der Waals surface area contributed by atoms with Gasteiger partial charge in [-0.1, -0.05) is 18.3 Å². The van der Waals surface area contributed by atoms with Crippen molar-refractivity contribution in [2.45, 2.75) is 19.4 Å². The van der Waals surface area contributed by atoms with E-state index < -0.39 is 0 Å². The van der Waals surface area contributed by atoms with Crippen LogP contribution in [0.4, 0.5) is 0 Å². The Kier molecular flexibility index (Phi) is 5.35. The van der Waals surface area contributed by atoms with Gasteiger partial charge in [-0.3, -0.25) is 4.79 Å². The summed E-state index contributed by atoms with van der Waals surface area (Å²) in [5.74, 6) is 0.703. The molecule has 1 rings (SSSR count). The number of aromatic nitrogens is 2. The number of carbonyl (C=O) groups excluding carboxylic acids is 1. The van der Waals surface area contributed by atoms with E-state index in [1.54, 1.807) is 11.8 Å². The molecule has 0 aliphatic rings. The molecule has 1 unspecified atom stereocenters. The monoisotopic (exact) mass is 265 g/mol. The lowest BCUT2D eigenvalue weighted by Gasteiger charge is -2.13. The van der Waals surface area contributed by atoms with E-state index in [9.17, 15) is 4.79 Å². The Bertz CT molecular complexity index is 331. The highest BCUT2D eigenvalue weighted by atomic mass is 35.5. The molecular weight excluding hydrogens is 254 g/mol. The Hall–Kier alpha value is -0.330. The zero-order valence-electron chi connectivity index (χ0n) is 8.49. The van der Waals surface area contributed by atoms with Gasteiger partial charge >= 0.3 is 0 Å². The summed E-state index contributed by atoms with van der Waals surface area (Å²) in [4.78, 5) is 11.6. The number of halogens is 1. The van der Waals surface area contributed by atoms with Crippen LogP contribution in [0.3, 0.4) is 0 Å². The molecule has 1 heterocycles. The largest absolute Gasteiger partial charge is 0.346 e. The molecule has 0 saturated carbocycles. The number of thioether (sulfide) groups is 1. The van der Waals surface area contributed by atoms with Crippen LogP contribution < -0.4 is 5.32 Å². The van der Waals surface area contributed by atoms with Crippen molar-refractivity contribution >= 4 is 40.6 Å². The maximum Gasteiger partial charge on any atom is 0.282 e. The molecule has 15 heavy (non-hydrogen) atoms. The van der Waals surface area contributed by atoms with Crippen LogP contribution in [0.1, 0.15) is 23.1 Å². The maximum absolute atomic E-state index is 11.6. The van der Waals surface area contributed by atoms with Gasteiger partial charge in [-0.05, 0) is 24.3 Å². The number of nitrogens with zero attached hydrogens (tertiary/aromatic N) is 2. The molecule has 84 valence electrons. The van der Waals surface area contributed by atoms with E-state index in [2.05, 4.69) is 15.5 Å². The second-order valence-corrected chi connectivity index (χ2v) is 5.36. The van der Waals surface area contributed by atoms with Gasteiger partial charge in [0.15, 0.2) is 0 Å². The Morgan fingerprint density at radius 1 is 1.67 bits per heavy atom. The maximum atomic E-state index is 11.6. The summed E-state index contributed by atoms with van der Waals surface area (Å²) in [6, 6.07) is 0.176. The first-order valence-corrected chi connectivity index (χ1v) is 7.05. The molecule has 0 bridgehead atoms. The molecule has 0 aliphatic carbocycles. The fraction of sp³-hybridized carbons (Fsp3) is 0.625. The number of rotatable bonds is 5. The van der Waals surface area contributed by atoms with E-state index >= 15 is 0 Å². The first kappa shape index (κ1) is 12.7. The zero-order chi connectivity index (χ0) is 11.3. The number of hydrogen-bond acceptors (Lipinski definition) is 5. The van der Waals surface area contributed by atoms with Crippen LogP contribution in [-0.4, -0.2) is 34.2 Å². The van der Waals surface area contributed by atoms with Crippen LogP contribution in [0.15, 0.2) is 0 Å². The second-order valence-electron chi connectivity index (χ2n) is 2.89. The third-order valence-corrected chi connectivity index (χ3v) is 3.54. The summed E-state index contributed by atoms with van der Waals surface area (Å²) < 4.78 is 0.290.